The van der Waals surface area contributed by atoms with Crippen molar-refractivity contribution in [2.45, 2.75) is 44.4 Å². The van der Waals surface area contributed by atoms with Gasteiger partial charge in [-0.15, -0.1) is 0 Å². The summed E-state index contributed by atoms with van der Waals surface area (Å²) in [6.45, 7) is 0.804. The Hall–Kier alpha value is -3.69. The molecule has 1 aliphatic rings. The zero-order valence-corrected chi connectivity index (χ0v) is 21.2. The Morgan fingerprint density at radius 3 is 2.57 bits per heavy atom. The fourth-order valence-corrected chi connectivity index (χ4v) is 5.22. The summed E-state index contributed by atoms with van der Waals surface area (Å²) >= 11 is 0. The van der Waals surface area contributed by atoms with Gasteiger partial charge < -0.3 is 15.4 Å². The van der Waals surface area contributed by atoms with Crippen LogP contribution in [0.4, 0.5) is 8.78 Å². The van der Waals surface area contributed by atoms with Gasteiger partial charge in [-0.25, -0.2) is 4.52 Å². The maximum absolute atomic E-state index is 13.3. The van der Waals surface area contributed by atoms with E-state index in [1.165, 1.54) is 6.07 Å². The van der Waals surface area contributed by atoms with Crippen molar-refractivity contribution >= 4 is 11.8 Å². The Morgan fingerprint density at radius 1 is 1.16 bits per heavy atom. The standard InChI is InChI=1S/C28H29F2N5O2/c1-28(2,31)23-9-8-17(14-32-23)16-10-11-35-20(12-16)25-19(13-21(34(3)4)26(25)33-35)24-18(15-36)6-5-7-22(24)37-27(29)30/h5-12,14-15,19,21,27H,13,31H2,1-4H3. The molecular formula is C28H29F2N5O2. The number of halogens is 2. The van der Waals surface area contributed by atoms with Crippen LogP contribution in [0.3, 0.4) is 0 Å². The number of aldehydes is 1. The first-order chi connectivity index (χ1) is 17.6. The summed E-state index contributed by atoms with van der Waals surface area (Å²) < 4.78 is 33.3. The number of ether oxygens (including phenoxy) is 1. The number of hydrogen-bond acceptors (Lipinski definition) is 6. The molecule has 0 amide bonds. The summed E-state index contributed by atoms with van der Waals surface area (Å²) in [5.41, 5.74) is 11.7. The highest BCUT2D eigenvalue weighted by atomic mass is 19.3. The zero-order valence-electron chi connectivity index (χ0n) is 21.2. The molecule has 2 unspecified atom stereocenters. The minimum atomic E-state index is -3.00. The molecular weight excluding hydrogens is 476 g/mol. The van der Waals surface area contributed by atoms with Gasteiger partial charge in [0.1, 0.15) is 12.0 Å². The van der Waals surface area contributed by atoms with Gasteiger partial charge in [-0.3, -0.25) is 9.78 Å². The molecule has 0 aliphatic heterocycles. The molecule has 2 atom stereocenters. The number of carbonyl (C=O) groups is 1. The third-order valence-electron chi connectivity index (χ3n) is 7.00. The largest absolute Gasteiger partial charge is 0.434 e. The van der Waals surface area contributed by atoms with Crippen molar-refractivity contribution in [3.8, 4) is 16.9 Å². The number of hydrogen-bond donors (Lipinski definition) is 1. The maximum atomic E-state index is 13.3. The van der Waals surface area contributed by atoms with Gasteiger partial charge in [-0.05, 0) is 64.2 Å². The van der Waals surface area contributed by atoms with Crippen LogP contribution in [-0.4, -0.2) is 46.5 Å². The first-order valence-electron chi connectivity index (χ1n) is 12.1. The molecule has 2 N–H and O–H groups in total. The molecule has 37 heavy (non-hydrogen) atoms. The van der Waals surface area contributed by atoms with Crippen LogP contribution in [0.2, 0.25) is 0 Å². The van der Waals surface area contributed by atoms with Crippen molar-refractivity contribution in [1.29, 1.82) is 0 Å². The summed E-state index contributed by atoms with van der Waals surface area (Å²) in [5, 5.41) is 4.86. The van der Waals surface area contributed by atoms with Crippen LogP contribution in [0.15, 0.2) is 54.9 Å². The molecule has 0 fully saturated rings. The van der Waals surface area contributed by atoms with Crippen LogP contribution in [0.25, 0.3) is 16.6 Å². The first-order valence-corrected chi connectivity index (χ1v) is 12.1. The lowest BCUT2D eigenvalue weighted by molar-refractivity contribution is -0.0506. The minimum Gasteiger partial charge on any atom is -0.434 e. The van der Waals surface area contributed by atoms with Crippen molar-refractivity contribution in [3.05, 3.63) is 82.9 Å². The van der Waals surface area contributed by atoms with Gasteiger partial charge in [0.2, 0.25) is 0 Å². The second-order valence-corrected chi connectivity index (χ2v) is 10.2. The highest BCUT2D eigenvalue weighted by Crippen LogP contribution is 2.50. The van der Waals surface area contributed by atoms with Gasteiger partial charge in [-0.2, -0.15) is 13.9 Å². The van der Waals surface area contributed by atoms with E-state index in [4.69, 9.17) is 15.6 Å². The Kier molecular flexibility index (Phi) is 6.29. The van der Waals surface area contributed by atoms with Crippen molar-refractivity contribution in [3.63, 3.8) is 0 Å². The number of nitrogens with two attached hydrogens (primary N) is 1. The van der Waals surface area contributed by atoms with E-state index in [2.05, 4.69) is 9.88 Å². The summed E-state index contributed by atoms with van der Waals surface area (Å²) in [5.74, 6) is -0.349. The third kappa shape index (κ3) is 4.49. The van der Waals surface area contributed by atoms with Crippen LogP contribution < -0.4 is 10.5 Å². The lowest BCUT2D eigenvalue weighted by Gasteiger charge is -2.22. The third-order valence-corrected chi connectivity index (χ3v) is 7.00. The summed E-state index contributed by atoms with van der Waals surface area (Å²) in [6, 6.07) is 12.5. The van der Waals surface area contributed by atoms with Crippen molar-refractivity contribution < 1.29 is 18.3 Å². The lowest BCUT2D eigenvalue weighted by Crippen LogP contribution is -2.29. The van der Waals surface area contributed by atoms with Crippen molar-refractivity contribution in [2.75, 3.05) is 14.1 Å². The van der Waals surface area contributed by atoms with Crippen molar-refractivity contribution in [1.82, 2.24) is 19.5 Å². The van der Waals surface area contributed by atoms with E-state index in [0.29, 0.717) is 23.8 Å². The SMILES string of the molecule is CN(C)C1CC(c2c(C=O)cccc2OC(F)F)c2c1nn1ccc(-c3ccc(C(C)(C)N)nc3)cc21. The van der Waals surface area contributed by atoms with Crippen LogP contribution in [-0.2, 0) is 5.54 Å². The topological polar surface area (TPSA) is 85.8 Å². The van der Waals surface area contributed by atoms with E-state index in [1.54, 1.807) is 22.8 Å². The van der Waals surface area contributed by atoms with Crippen molar-refractivity contribution in [2.24, 2.45) is 5.73 Å². The van der Waals surface area contributed by atoms with E-state index in [0.717, 1.165) is 33.6 Å². The molecule has 1 aromatic carbocycles. The van der Waals surface area contributed by atoms with E-state index in [-0.39, 0.29) is 17.7 Å². The van der Waals surface area contributed by atoms with Gasteiger partial charge in [0.25, 0.3) is 0 Å². The Balaban J connectivity index is 1.68. The van der Waals surface area contributed by atoms with Gasteiger partial charge in [0, 0.05) is 40.6 Å². The number of rotatable bonds is 7. The van der Waals surface area contributed by atoms with Gasteiger partial charge in [0.15, 0.2) is 0 Å². The summed E-state index contributed by atoms with van der Waals surface area (Å²) in [6.07, 6.45) is 4.95. The van der Waals surface area contributed by atoms with Gasteiger partial charge >= 0.3 is 6.61 Å². The zero-order chi connectivity index (χ0) is 26.5. The molecule has 3 heterocycles. The Morgan fingerprint density at radius 2 is 1.95 bits per heavy atom. The Bertz CT molecular complexity index is 1460. The normalized spacial score (nSPS) is 17.5. The molecule has 7 nitrogen and oxygen atoms in total. The van der Waals surface area contributed by atoms with Gasteiger partial charge in [-0.1, -0.05) is 18.2 Å². The average Bonchev–Trinajstić information content (AvgIpc) is 3.40. The molecule has 0 saturated heterocycles. The fraction of sp³-hybridized carbons (Fsp3) is 0.321. The Labute approximate surface area is 213 Å². The maximum Gasteiger partial charge on any atom is 0.387 e. The number of benzene rings is 1. The molecule has 1 aliphatic carbocycles. The van der Waals surface area contributed by atoms with E-state index < -0.39 is 12.2 Å². The van der Waals surface area contributed by atoms with Crippen LogP contribution in [0, 0.1) is 0 Å². The molecule has 4 aromatic rings. The van der Waals surface area contributed by atoms with Gasteiger partial charge in [0.05, 0.1) is 28.5 Å². The fourth-order valence-electron chi connectivity index (χ4n) is 5.22. The van der Waals surface area contributed by atoms with E-state index in [9.17, 15) is 13.6 Å². The first kappa shape index (κ1) is 25.0. The molecule has 9 heteroatoms. The van der Waals surface area contributed by atoms with E-state index >= 15 is 0 Å². The number of nitrogens with zero attached hydrogens (tertiary/aromatic N) is 4. The monoisotopic (exact) mass is 505 g/mol. The second-order valence-electron chi connectivity index (χ2n) is 10.2. The summed E-state index contributed by atoms with van der Waals surface area (Å²) in [4.78, 5) is 18.6. The number of carbonyl (C=O) groups excluding carboxylic acids is 1. The summed E-state index contributed by atoms with van der Waals surface area (Å²) in [7, 11) is 3.92. The average molecular weight is 506 g/mol. The number of aromatic nitrogens is 3. The predicted octanol–water partition coefficient (Wildman–Crippen LogP) is 5.14. The number of alkyl halides is 2. The van der Waals surface area contributed by atoms with Crippen LogP contribution >= 0.6 is 0 Å². The quantitative estimate of drug-likeness (QED) is 0.350. The second kappa shape index (κ2) is 9.32. The highest BCUT2D eigenvalue weighted by Gasteiger charge is 2.40. The number of pyridine rings is 2. The lowest BCUT2D eigenvalue weighted by atomic mass is 9.88. The molecule has 0 bridgehead atoms. The molecule has 0 spiro atoms. The van der Waals surface area contributed by atoms with Crippen LogP contribution in [0.5, 0.6) is 5.75 Å². The minimum absolute atomic E-state index is 0.00893. The molecule has 5 rings (SSSR count). The molecule has 192 valence electrons. The predicted molar refractivity (Wildman–Crippen MR) is 137 cm³/mol. The smallest absolute Gasteiger partial charge is 0.387 e. The van der Waals surface area contributed by atoms with E-state index in [1.807, 2.05) is 58.4 Å². The molecule has 0 radical (unpaired) electrons. The molecule has 0 saturated carbocycles. The molecule has 3 aromatic heterocycles. The number of fused-ring (bicyclic) bond motifs is 3. The highest BCUT2D eigenvalue weighted by molar-refractivity contribution is 5.81. The van der Waals surface area contributed by atoms with Crippen LogP contribution in [0.1, 0.15) is 65.1 Å².